The number of fused-ring (bicyclic) bond motifs is 1. The highest BCUT2D eigenvalue weighted by Crippen LogP contribution is 2.30. The van der Waals surface area contributed by atoms with Gasteiger partial charge in [-0.25, -0.2) is 4.98 Å². The number of hydrogen-bond donors (Lipinski definition) is 1. The van der Waals surface area contributed by atoms with E-state index in [9.17, 15) is 5.11 Å². The quantitative estimate of drug-likeness (QED) is 0.917. The summed E-state index contributed by atoms with van der Waals surface area (Å²) < 4.78 is 5.24. The number of aliphatic hydroxyl groups excluding tert-OH is 1. The lowest BCUT2D eigenvalue weighted by Crippen LogP contribution is -2.44. The van der Waals surface area contributed by atoms with Gasteiger partial charge in [0.2, 0.25) is 0 Å². The van der Waals surface area contributed by atoms with Crippen LogP contribution in [0.2, 0.25) is 0 Å². The molecule has 1 heterocycles. The van der Waals surface area contributed by atoms with Gasteiger partial charge in [0.15, 0.2) is 0 Å². The van der Waals surface area contributed by atoms with Crippen molar-refractivity contribution in [1.82, 2.24) is 4.98 Å². The van der Waals surface area contributed by atoms with Crippen LogP contribution in [0.1, 0.15) is 13.8 Å². The maximum Gasteiger partial charge on any atom is 0.136 e. The number of methoxy groups -OCH3 is 1. The molecule has 0 fully saturated rings. The molecule has 2 rings (SSSR count). The maximum atomic E-state index is 9.49. The number of benzene rings is 1. The summed E-state index contributed by atoms with van der Waals surface area (Å²) in [6.45, 7) is 4.03. The first kappa shape index (κ1) is 13.6. The molecule has 102 valence electrons. The number of pyridine rings is 1. The van der Waals surface area contributed by atoms with Crippen molar-refractivity contribution in [3.05, 3.63) is 30.5 Å². The number of likely N-dealkylation sites (N-methyl/N-ethyl adjacent to an activating group) is 1. The highest BCUT2D eigenvalue weighted by atomic mass is 16.5. The summed E-state index contributed by atoms with van der Waals surface area (Å²) in [6.07, 6.45) is 1.78. The fourth-order valence-corrected chi connectivity index (χ4v) is 1.93. The lowest BCUT2D eigenvalue weighted by atomic mass is 10.0. The molecule has 0 saturated carbocycles. The van der Waals surface area contributed by atoms with Crippen LogP contribution in [-0.4, -0.2) is 36.4 Å². The first-order chi connectivity index (χ1) is 8.99. The molecule has 1 aromatic carbocycles. The van der Waals surface area contributed by atoms with E-state index in [4.69, 9.17) is 4.74 Å². The molecular weight excluding hydrogens is 240 g/mol. The topological polar surface area (TPSA) is 45.6 Å². The average molecular weight is 260 g/mol. The summed E-state index contributed by atoms with van der Waals surface area (Å²) >= 11 is 0. The second-order valence-corrected chi connectivity index (χ2v) is 5.25. The molecule has 0 aliphatic carbocycles. The Morgan fingerprint density at radius 2 is 2.05 bits per heavy atom. The zero-order valence-corrected chi connectivity index (χ0v) is 11.8. The number of hydrogen-bond acceptors (Lipinski definition) is 4. The third-order valence-electron chi connectivity index (χ3n) is 3.56. The molecule has 0 amide bonds. The fourth-order valence-electron chi connectivity index (χ4n) is 1.93. The Bertz CT molecular complexity index is 581. The fraction of sp³-hybridized carbons (Fsp3) is 0.400. The van der Waals surface area contributed by atoms with Gasteiger partial charge in [0.1, 0.15) is 11.6 Å². The minimum absolute atomic E-state index is 0.0672. The van der Waals surface area contributed by atoms with Crippen LogP contribution in [0.5, 0.6) is 5.75 Å². The first-order valence-electron chi connectivity index (χ1n) is 6.27. The van der Waals surface area contributed by atoms with Gasteiger partial charge in [-0.05, 0) is 43.5 Å². The minimum Gasteiger partial charge on any atom is -0.497 e. The molecule has 2 aromatic rings. The maximum absolute atomic E-state index is 9.49. The SMILES string of the molecule is COc1ccc2c(N(C)C(C)(C)CO)nccc2c1. The van der Waals surface area contributed by atoms with Crippen molar-refractivity contribution < 1.29 is 9.84 Å². The molecule has 1 aromatic heterocycles. The highest BCUT2D eigenvalue weighted by molar-refractivity contribution is 5.93. The van der Waals surface area contributed by atoms with E-state index in [1.807, 2.05) is 50.1 Å². The van der Waals surface area contributed by atoms with Crippen LogP contribution in [0.4, 0.5) is 5.82 Å². The Morgan fingerprint density at radius 1 is 1.32 bits per heavy atom. The van der Waals surface area contributed by atoms with Crippen molar-refractivity contribution in [2.45, 2.75) is 19.4 Å². The van der Waals surface area contributed by atoms with Crippen LogP contribution < -0.4 is 9.64 Å². The summed E-state index contributed by atoms with van der Waals surface area (Å²) in [4.78, 5) is 6.45. The van der Waals surface area contributed by atoms with Crippen molar-refractivity contribution in [3.63, 3.8) is 0 Å². The summed E-state index contributed by atoms with van der Waals surface area (Å²) in [5, 5.41) is 11.6. The number of anilines is 1. The van der Waals surface area contributed by atoms with Crippen LogP contribution in [0, 0.1) is 0 Å². The normalized spacial score (nSPS) is 11.6. The third-order valence-corrected chi connectivity index (χ3v) is 3.56. The summed E-state index contributed by atoms with van der Waals surface area (Å²) in [5.41, 5.74) is -0.360. The van der Waals surface area contributed by atoms with Gasteiger partial charge in [0, 0.05) is 18.6 Å². The third kappa shape index (κ3) is 2.49. The van der Waals surface area contributed by atoms with Crippen LogP contribution in [0.15, 0.2) is 30.5 Å². The predicted octanol–water partition coefficient (Wildman–Crippen LogP) is 2.45. The van der Waals surface area contributed by atoms with Gasteiger partial charge in [-0.1, -0.05) is 0 Å². The molecular formula is C15H20N2O2. The zero-order chi connectivity index (χ0) is 14.0. The highest BCUT2D eigenvalue weighted by Gasteiger charge is 2.24. The van der Waals surface area contributed by atoms with Crippen LogP contribution in [-0.2, 0) is 0 Å². The number of aromatic nitrogens is 1. The molecule has 0 bridgehead atoms. The minimum atomic E-state index is -0.360. The molecule has 0 aliphatic heterocycles. The van der Waals surface area contributed by atoms with E-state index < -0.39 is 0 Å². The second kappa shape index (κ2) is 5.05. The number of aliphatic hydroxyl groups is 1. The molecule has 0 radical (unpaired) electrons. The van der Waals surface area contributed by atoms with E-state index in [2.05, 4.69) is 4.98 Å². The molecule has 1 N–H and O–H groups in total. The molecule has 19 heavy (non-hydrogen) atoms. The monoisotopic (exact) mass is 260 g/mol. The molecule has 4 nitrogen and oxygen atoms in total. The lowest BCUT2D eigenvalue weighted by Gasteiger charge is -2.35. The molecule has 4 heteroatoms. The van der Waals surface area contributed by atoms with Crippen LogP contribution in [0.3, 0.4) is 0 Å². The van der Waals surface area contributed by atoms with Crippen molar-refractivity contribution in [3.8, 4) is 5.75 Å². The summed E-state index contributed by atoms with van der Waals surface area (Å²) in [6, 6.07) is 7.87. The van der Waals surface area contributed by atoms with Crippen molar-refractivity contribution in [1.29, 1.82) is 0 Å². The first-order valence-corrected chi connectivity index (χ1v) is 6.27. The number of rotatable bonds is 4. The molecule has 0 aliphatic rings. The van der Waals surface area contributed by atoms with E-state index in [-0.39, 0.29) is 12.1 Å². The van der Waals surface area contributed by atoms with Gasteiger partial charge in [-0.3, -0.25) is 0 Å². The smallest absolute Gasteiger partial charge is 0.136 e. The Labute approximate surface area is 113 Å². The van der Waals surface area contributed by atoms with E-state index in [0.717, 1.165) is 22.3 Å². The lowest BCUT2D eigenvalue weighted by molar-refractivity contribution is 0.216. The van der Waals surface area contributed by atoms with Gasteiger partial charge >= 0.3 is 0 Å². The molecule has 0 unspecified atom stereocenters. The summed E-state index contributed by atoms with van der Waals surface area (Å²) in [5.74, 6) is 1.69. The molecule has 0 spiro atoms. The Hall–Kier alpha value is -1.81. The molecule has 0 saturated heterocycles. The van der Waals surface area contributed by atoms with Gasteiger partial charge in [0.05, 0.1) is 19.3 Å². The van der Waals surface area contributed by atoms with Crippen molar-refractivity contribution in [2.75, 3.05) is 25.7 Å². The predicted molar refractivity (Wildman–Crippen MR) is 77.9 cm³/mol. The summed E-state index contributed by atoms with van der Waals surface area (Å²) in [7, 11) is 3.60. The van der Waals surface area contributed by atoms with Crippen LogP contribution >= 0.6 is 0 Å². The average Bonchev–Trinajstić information content (AvgIpc) is 2.45. The van der Waals surface area contributed by atoms with Gasteiger partial charge in [-0.2, -0.15) is 0 Å². The van der Waals surface area contributed by atoms with Crippen molar-refractivity contribution >= 4 is 16.6 Å². The van der Waals surface area contributed by atoms with E-state index >= 15 is 0 Å². The van der Waals surface area contributed by atoms with E-state index in [1.165, 1.54) is 0 Å². The number of ether oxygens (including phenoxy) is 1. The second-order valence-electron chi connectivity index (χ2n) is 5.25. The van der Waals surface area contributed by atoms with E-state index in [0.29, 0.717) is 0 Å². The Balaban J connectivity index is 2.55. The molecule has 0 atom stereocenters. The van der Waals surface area contributed by atoms with Gasteiger partial charge in [-0.15, -0.1) is 0 Å². The van der Waals surface area contributed by atoms with Gasteiger partial charge < -0.3 is 14.7 Å². The van der Waals surface area contributed by atoms with E-state index in [1.54, 1.807) is 13.3 Å². The van der Waals surface area contributed by atoms with Crippen LogP contribution in [0.25, 0.3) is 10.8 Å². The van der Waals surface area contributed by atoms with Gasteiger partial charge in [0.25, 0.3) is 0 Å². The largest absolute Gasteiger partial charge is 0.497 e. The zero-order valence-electron chi connectivity index (χ0n) is 11.8. The number of nitrogens with zero attached hydrogens (tertiary/aromatic N) is 2. The Kier molecular flexibility index (Phi) is 3.62. The van der Waals surface area contributed by atoms with Crippen molar-refractivity contribution in [2.24, 2.45) is 0 Å². The Morgan fingerprint density at radius 3 is 2.68 bits per heavy atom. The standard InChI is InChI=1S/C15H20N2O2/c1-15(2,10-18)17(3)14-13-6-5-12(19-4)9-11(13)7-8-16-14/h5-9,18H,10H2,1-4H3.